The van der Waals surface area contributed by atoms with Gasteiger partial charge in [-0.15, -0.1) is 22.7 Å². The number of hydrogen-bond acceptors (Lipinski definition) is 5. The summed E-state index contributed by atoms with van der Waals surface area (Å²) in [7, 11) is -3.79. The van der Waals surface area contributed by atoms with Crippen LogP contribution in [0.3, 0.4) is 0 Å². The van der Waals surface area contributed by atoms with Crippen LogP contribution >= 0.6 is 22.7 Å². The third kappa shape index (κ3) is 3.61. The van der Waals surface area contributed by atoms with E-state index in [2.05, 4.69) is 9.71 Å². The quantitative estimate of drug-likeness (QED) is 0.672. The van der Waals surface area contributed by atoms with E-state index in [9.17, 15) is 12.8 Å². The van der Waals surface area contributed by atoms with Crippen molar-refractivity contribution >= 4 is 38.4 Å². The molecular weight excluding hydrogens is 379 g/mol. The minimum atomic E-state index is -3.79. The van der Waals surface area contributed by atoms with Crippen molar-refractivity contribution in [2.75, 3.05) is 4.72 Å². The zero-order valence-corrected chi connectivity index (χ0v) is 16.6. The van der Waals surface area contributed by atoms with E-state index >= 15 is 0 Å². The number of thiazole rings is 1. The van der Waals surface area contributed by atoms with Crippen molar-refractivity contribution in [2.24, 2.45) is 0 Å². The van der Waals surface area contributed by atoms with Crippen LogP contribution in [0.2, 0.25) is 0 Å². The molecule has 0 spiro atoms. The monoisotopic (exact) mass is 396 g/mol. The maximum absolute atomic E-state index is 13.7. The van der Waals surface area contributed by atoms with Crippen molar-refractivity contribution in [1.29, 1.82) is 0 Å². The fourth-order valence-electron chi connectivity index (χ4n) is 2.28. The van der Waals surface area contributed by atoms with Crippen molar-refractivity contribution < 1.29 is 12.8 Å². The Balaban J connectivity index is 1.96. The van der Waals surface area contributed by atoms with Gasteiger partial charge in [0.2, 0.25) is 0 Å². The third-order valence-corrected chi connectivity index (χ3v) is 7.75. The van der Waals surface area contributed by atoms with Crippen LogP contribution in [0.5, 0.6) is 0 Å². The Morgan fingerprint density at radius 2 is 1.76 bits per heavy atom. The zero-order chi connectivity index (χ0) is 18.4. The van der Waals surface area contributed by atoms with Gasteiger partial charge >= 0.3 is 0 Å². The maximum atomic E-state index is 13.7. The Morgan fingerprint density at radius 1 is 1.04 bits per heavy atom. The molecule has 25 heavy (non-hydrogen) atoms. The predicted molar refractivity (Wildman–Crippen MR) is 102 cm³/mol. The molecule has 2 aromatic heterocycles. The third-order valence-electron chi connectivity index (χ3n) is 3.83. The van der Waals surface area contributed by atoms with Crippen LogP contribution < -0.4 is 4.72 Å². The fourth-order valence-corrected chi connectivity index (χ4v) is 5.88. The highest BCUT2D eigenvalue weighted by Gasteiger charge is 2.22. The summed E-state index contributed by atoms with van der Waals surface area (Å²) in [6.07, 6.45) is 0. The van der Waals surface area contributed by atoms with Gasteiger partial charge in [-0.3, -0.25) is 4.72 Å². The maximum Gasteiger partial charge on any atom is 0.263 e. The molecule has 0 saturated heterocycles. The lowest BCUT2D eigenvalue weighted by molar-refractivity contribution is 0.601. The summed E-state index contributed by atoms with van der Waals surface area (Å²) in [6.45, 7) is 7.30. The van der Waals surface area contributed by atoms with Gasteiger partial charge in [0.05, 0.1) is 16.3 Å². The van der Waals surface area contributed by atoms with E-state index in [4.69, 9.17) is 0 Å². The summed E-state index contributed by atoms with van der Waals surface area (Å²) in [5, 5.41) is 0.811. The predicted octanol–water partition coefficient (Wildman–Crippen LogP) is 5.05. The lowest BCUT2D eigenvalue weighted by atomic mass is 10.2. The van der Waals surface area contributed by atoms with E-state index < -0.39 is 15.8 Å². The van der Waals surface area contributed by atoms with E-state index in [1.807, 2.05) is 13.8 Å². The number of rotatable bonds is 4. The molecule has 0 unspecified atom stereocenters. The number of nitrogens with zero attached hydrogens (tertiary/aromatic N) is 1. The first-order valence-corrected chi connectivity index (χ1v) is 10.6. The number of nitrogens with one attached hydrogen (secondary N) is 1. The standard InChI is InChI=1S/C17H17FN2O2S3/c1-9-5-6-13(7-14(9)18)20-25(21,22)16-8-15(23-12(16)4)17-19-10(2)11(3)24-17/h5-8,20H,1-4H3. The summed E-state index contributed by atoms with van der Waals surface area (Å²) >= 11 is 2.93. The molecule has 8 heteroatoms. The molecule has 0 aliphatic heterocycles. The van der Waals surface area contributed by atoms with Crippen molar-refractivity contribution in [3.05, 3.63) is 51.1 Å². The number of anilines is 1. The molecule has 0 radical (unpaired) electrons. The Hall–Kier alpha value is -1.77. The van der Waals surface area contributed by atoms with Crippen LogP contribution in [0.15, 0.2) is 29.2 Å². The number of thiophene rings is 1. The van der Waals surface area contributed by atoms with Gasteiger partial charge in [0, 0.05) is 9.75 Å². The second-order valence-corrected chi connectivity index (χ2v) is 9.87. The summed E-state index contributed by atoms with van der Waals surface area (Å²) in [4.78, 5) is 7.27. The van der Waals surface area contributed by atoms with Gasteiger partial charge in [-0.2, -0.15) is 0 Å². The minimum absolute atomic E-state index is 0.194. The van der Waals surface area contributed by atoms with Gasteiger partial charge in [-0.05, 0) is 51.5 Å². The number of aryl methyl sites for hydroxylation is 4. The van der Waals surface area contributed by atoms with Crippen molar-refractivity contribution in [2.45, 2.75) is 32.6 Å². The van der Waals surface area contributed by atoms with E-state index in [0.717, 1.165) is 20.5 Å². The molecular formula is C17H17FN2O2S3. The SMILES string of the molecule is Cc1ccc(NS(=O)(=O)c2cc(-c3nc(C)c(C)s3)sc2C)cc1F. The van der Waals surface area contributed by atoms with Crippen molar-refractivity contribution in [3.8, 4) is 9.88 Å². The average molecular weight is 397 g/mol. The Bertz CT molecular complexity index is 1030. The molecule has 0 fully saturated rings. The summed E-state index contributed by atoms with van der Waals surface area (Å²) in [6, 6.07) is 5.90. The molecule has 132 valence electrons. The molecule has 3 aromatic rings. The van der Waals surface area contributed by atoms with E-state index in [1.54, 1.807) is 43.4 Å². The molecule has 1 aromatic carbocycles. The van der Waals surface area contributed by atoms with Crippen LogP contribution in [0.1, 0.15) is 21.0 Å². The van der Waals surface area contributed by atoms with Gasteiger partial charge in [-0.1, -0.05) is 6.07 Å². The molecule has 3 rings (SSSR count). The molecule has 0 aliphatic rings. The second kappa shape index (κ2) is 6.51. The van der Waals surface area contributed by atoms with Gasteiger partial charge in [0.15, 0.2) is 0 Å². The minimum Gasteiger partial charge on any atom is -0.279 e. The van der Waals surface area contributed by atoms with Crippen LogP contribution in [0.25, 0.3) is 9.88 Å². The van der Waals surface area contributed by atoms with Crippen molar-refractivity contribution in [1.82, 2.24) is 4.98 Å². The van der Waals surface area contributed by atoms with Crippen LogP contribution in [0.4, 0.5) is 10.1 Å². The Kier molecular flexibility index (Phi) is 4.70. The lowest BCUT2D eigenvalue weighted by Gasteiger charge is -2.08. The highest BCUT2D eigenvalue weighted by Crippen LogP contribution is 2.37. The Labute approximate surface area is 154 Å². The van der Waals surface area contributed by atoms with Gasteiger partial charge < -0.3 is 0 Å². The lowest BCUT2D eigenvalue weighted by Crippen LogP contribution is -2.13. The summed E-state index contributed by atoms with van der Waals surface area (Å²) in [5.41, 5.74) is 1.62. The molecule has 2 heterocycles. The van der Waals surface area contributed by atoms with Crippen molar-refractivity contribution in [3.63, 3.8) is 0 Å². The first-order valence-electron chi connectivity index (χ1n) is 7.51. The van der Waals surface area contributed by atoms with E-state index in [0.29, 0.717) is 10.4 Å². The van der Waals surface area contributed by atoms with E-state index in [-0.39, 0.29) is 10.6 Å². The average Bonchev–Trinajstić information content (AvgIpc) is 3.07. The van der Waals surface area contributed by atoms with Crippen LogP contribution in [-0.4, -0.2) is 13.4 Å². The largest absolute Gasteiger partial charge is 0.279 e. The number of aromatic nitrogens is 1. The number of benzene rings is 1. The molecule has 0 amide bonds. The highest BCUT2D eigenvalue weighted by atomic mass is 32.2. The molecule has 0 aliphatic carbocycles. The fraction of sp³-hybridized carbons (Fsp3) is 0.235. The topological polar surface area (TPSA) is 59.1 Å². The molecule has 0 saturated carbocycles. The number of sulfonamides is 1. The molecule has 1 N–H and O–H groups in total. The van der Waals surface area contributed by atoms with Gasteiger partial charge in [-0.25, -0.2) is 17.8 Å². The Morgan fingerprint density at radius 3 is 2.36 bits per heavy atom. The number of hydrogen-bond donors (Lipinski definition) is 1. The zero-order valence-electron chi connectivity index (χ0n) is 14.2. The highest BCUT2D eigenvalue weighted by molar-refractivity contribution is 7.93. The number of halogens is 1. The summed E-state index contributed by atoms with van der Waals surface area (Å²) in [5.74, 6) is -0.448. The van der Waals surface area contributed by atoms with Crippen LogP contribution in [0, 0.1) is 33.5 Å². The molecule has 4 nitrogen and oxygen atoms in total. The molecule has 0 atom stereocenters. The first-order chi connectivity index (χ1) is 11.7. The summed E-state index contributed by atoms with van der Waals surface area (Å²) < 4.78 is 41.5. The van der Waals surface area contributed by atoms with E-state index in [1.165, 1.54) is 17.4 Å². The van der Waals surface area contributed by atoms with Gasteiger partial charge in [0.1, 0.15) is 15.7 Å². The molecule has 0 bridgehead atoms. The second-order valence-electron chi connectivity index (χ2n) is 5.76. The first kappa shape index (κ1) is 18.0. The normalized spacial score (nSPS) is 11.7. The van der Waals surface area contributed by atoms with Crippen LogP contribution in [-0.2, 0) is 10.0 Å². The smallest absolute Gasteiger partial charge is 0.263 e. The van der Waals surface area contributed by atoms with Gasteiger partial charge in [0.25, 0.3) is 10.0 Å².